The van der Waals surface area contributed by atoms with Crippen LogP contribution in [0.4, 0.5) is 5.69 Å². The molecule has 0 aliphatic carbocycles. The summed E-state index contributed by atoms with van der Waals surface area (Å²) < 4.78 is 35.5. The molecule has 1 amide bonds. The smallest absolute Gasteiger partial charge is 0.240 e. The number of hydrogen-bond donors (Lipinski definition) is 1. The minimum Gasteiger partial charge on any atom is -0.493 e. The van der Waals surface area contributed by atoms with Crippen molar-refractivity contribution in [3.8, 4) is 11.5 Å². The second kappa shape index (κ2) is 8.77. The Labute approximate surface area is 144 Å². The van der Waals surface area contributed by atoms with Gasteiger partial charge in [0.2, 0.25) is 15.9 Å². The summed E-state index contributed by atoms with van der Waals surface area (Å²) >= 11 is 0. The van der Waals surface area contributed by atoms with Crippen molar-refractivity contribution in [2.24, 2.45) is 5.92 Å². The number of sulfonamides is 1. The summed E-state index contributed by atoms with van der Waals surface area (Å²) in [5.41, 5.74) is 0.342. The van der Waals surface area contributed by atoms with Crippen LogP contribution in [0.3, 0.4) is 0 Å². The van der Waals surface area contributed by atoms with Crippen LogP contribution >= 0.6 is 0 Å². The van der Waals surface area contributed by atoms with E-state index in [0.29, 0.717) is 29.6 Å². The first kappa shape index (κ1) is 20.1. The molecule has 0 aromatic heterocycles. The summed E-state index contributed by atoms with van der Waals surface area (Å²) in [7, 11) is -0.665. The Morgan fingerprint density at radius 3 is 2.33 bits per heavy atom. The van der Waals surface area contributed by atoms with Crippen molar-refractivity contribution in [1.29, 1.82) is 0 Å². The molecule has 0 aliphatic heterocycles. The average molecular weight is 358 g/mol. The van der Waals surface area contributed by atoms with E-state index in [0.717, 1.165) is 17.0 Å². The van der Waals surface area contributed by atoms with Gasteiger partial charge in [0.1, 0.15) is 6.54 Å². The zero-order valence-corrected chi connectivity index (χ0v) is 15.6. The van der Waals surface area contributed by atoms with Crippen molar-refractivity contribution in [3.63, 3.8) is 0 Å². The lowest BCUT2D eigenvalue weighted by molar-refractivity contribution is -0.119. The molecule has 7 nitrogen and oxygen atoms in total. The molecule has 0 radical (unpaired) electrons. The van der Waals surface area contributed by atoms with Gasteiger partial charge in [0.05, 0.1) is 26.2 Å². The van der Waals surface area contributed by atoms with Gasteiger partial charge in [-0.3, -0.25) is 9.10 Å². The van der Waals surface area contributed by atoms with Crippen molar-refractivity contribution in [2.75, 3.05) is 37.9 Å². The van der Waals surface area contributed by atoms with Crippen molar-refractivity contribution >= 4 is 21.6 Å². The Balaban J connectivity index is 2.97. The number of methoxy groups -OCH3 is 2. The second-order valence-electron chi connectivity index (χ2n) is 5.84. The molecule has 0 aliphatic rings. The van der Waals surface area contributed by atoms with Crippen molar-refractivity contribution < 1.29 is 22.7 Å². The van der Waals surface area contributed by atoms with E-state index in [1.165, 1.54) is 20.3 Å². The molecule has 0 fully saturated rings. The zero-order chi connectivity index (χ0) is 18.3. The molecule has 1 N–H and O–H groups in total. The summed E-state index contributed by atoms with van der Waals surface area (Å²) in [4.78, 5) is 12.1. The normalized spacial score (nSPS) is 11.2. The third-order valence-corrected chi connectivity index (χ3v) is 4.53. The van der Waals surface area contributed by atoms with Gasteiger partial charge in [-0.15, -0.1) is 0 Å². The number of carbonyl (C=O) groups excluding carboxylic acids is 1. The highest BCUT2D eigenvalue weighted by Gasteiger charge is 2.22. The minimum absolute atomic E-state index is 0.285. The number of benzene rings is 1. The maximum Gasteiger partial charge on any atom is 0.240 e. The molecule has 0 spiro atoms. The van der Waals surface area contributed by atoms with Gasteiger partial charge in [-0.25, -0.2) is 8.42 Å². The molecule has 24 heavy (non-hydrogen) atoms. The van der Waals surface area contributed by atoms with E-state index in [9.17, 15) is 13.2 Å². The standard InChI is InChI=1S/C16H26N2O5S/c1-12(2)8-9-17-16(19)11-18(24(5,20)21)13-6-7-14(22-3)15(10-13)23-4/h6-7,10,12H,8-9,11H2,1-5H3,(H,17,19). The van der Waals surface area contributed by atoms with Crippen LogP contribution in [-0.2, 0) is 14.8 Å². The Kier molecular flexibility index (Phi) is 7.34. The molecule has 8 heteroatoms. The quantitative estimate of drug-likeness (QED) is 0.725. The summed E-state index contributed by atoms with van der Waals surface area (Å²) in [6.45, 7) is 4.34. The Morgan fingerprint density at radius 2 is 1.83 bits per heavy atom. The number of carbonyl (C=O) groups is 1. The third-order valence-electron chi connectivity index (χ3n) is 3.39. The van der Waals surface area contributed by atoms with Gasteiger partial charge in [-0.1, -0.05) is 13.8 Å². The Morgan fingerprint density at radius 1 is 1.21 bits per heavy atom. The molecule has 0 atom stereocenters. The Bertz CT molecular complexity index is 658. The highest BCUT2D eigenvalue weighted by Crippen LogP contribution is 2.32. The van der Waals surface area contributed by atoms with E-state index in [1.807, 2.05) is 0 Å². The number of anilines is 1. The number of amides is 1. The van der Waals surface area contributed by atoms with Crippen molar-refractivity contribution in [3.05, 3.63) is 18.2 Å². The summed E-state index contributed by atoms with van der Waals surface area (Å²) in [5, 5.41) is 2.74. The number of hydrogen-bond acceptors (Lipinski definition) is 5. The largest absolute Gasteiger partial charge is 0.493 e. The monoisotopic (exact) mass is 358 g/mol. The average Bonchev–Trinajstić information content (AvgIpc) is 2.50. The van der Waals surface area contributed by atoms with Crippen LogP contribution in [0.15, 0.2) is 18.2 Å². The fourth-order valence-corrected chi connectivity index (χ4v) is 2.91. The predicted molar refractivity (Wildman–Crippen MR) is 94.2 cm³/mol. The van der Waals surface area contributed by atoms with Gasteiger partial charge in [0, 0.05) is 12.6 Å². The molecule has 0 bridgehead atoms. The molecule has 0 unspecified atom stereocenters. The fraction of sp³-hybridized carbons (Fsp3) is 0.562. The first-order valence-electron chi connectivity index (χ1n) is 7.65. The number of ether oxygens (including phenoxy) is 2. The van der Waals surface area contributed by atoms with Gasteiger partial charge >= 0.3 is 0 Å². The van der Waals surface area contributed by atoms with Crippen molar-refractivity contribution in [1.82, 2.24) is 5.32 Å². The lowest BCUT2D eigenvalue weighted by Gasteiger charge is -2.23. The van der Waals surface area contributed by atoms with Crippen LogP contribution in [0, 0.1) is 5.92 Å². The topological polar surface area (TPSA) is 84.9 Å². The highest BCUT2D eigenvalue weighted by atomic mass is 32.2. The lowest BCUT2D eigenvalue weighted by Crippen LogP contribution is -2.40. The van der Waals surface area contributed by atoms with Crippen LogP contribution in [0.25, 0.3) is 0 Å². The summed E-state index contributed by atoms with van der Waals surface area (Å²) in [6.07, 6.45) is 1.89. The summed E-state index contributed by atoms with van der Waals surface area (Å²) in [6, 6.07) is 4.70. The Hall–Kier alpha value is -1.96. The van der Waals surface area contributed by atoms with Gasteiger partial charge in [-0.2, -0.15) is 0 Å². The van der Waals surface area contributed by atoms with E-state index in [1.54, 1.807) is 12.1 Å². The van der Waals surface area contributed by atoms with Crippen molar-refractivity contribution in [2.45, 2.75) is 20.3 Å². The van der Waals surface area contributed by atoms with Crippen LogP contribution in [0.5, 0.6) is 11.5 Å². The molecule has 0 saturated heterocycles. The minimum atomic E-state index is -3.62. The lowest BCUT2D eigenvalue weighted by atomic mass is 10.1. The van der Waals surface area contributed by atoms with Crippen LogP contribution in [-0.4, -0.2) is 47.9 Å². The molecule has 1 aromatic rings. The van der Waals surface area contributed by atoms with E-state index >= 15 is 0 Å². The third kappa shape index (κ3) is 5.92. The first-order valence-corrected chi connectivity index (χ1v) is 9.50. The maximum atomic E-state index is 12.1. The van der Waals surface area contributed by atoms with Gasteiger partial charge in [-0.05, 0) is 24.5 Å². The molecule has 1 aromatic carbocycles. The molecule has 1 rings (SSSR count). The van der Waals surface area contributed by atoms with Gasteiger partial charge in [0.15, 0.2) is 11.5 Å². The predicted octanol–water partition coefficient (Wildman–Crippen LogP) is 1.63. The first-order chi connectivity index (χ1) is 11.2. The molecular formula is C16H26N2O5S. The SMILES string of the molecule is COc1ccc(N(CC(=O)NCCC(C)C)S(C)(=O)=O)cc1OC. The molecule has 0 heterocycles. The van der Waals surface area contributed by atoms with Crippen LogP contribution in [0.1, 0.15) is 20.3 Å². The number of rotatable bonds is 9. The zero-order valence-electron chi connectivity index (χ0n) is 14.8. The van der Waals surface area contributed by atoms with E-state index in [4.69, 9.17) is 9.47 Å². The van der Waals surface area contributed by atoms with E-state index in [-0.39, 0.29) is 12.5 Å². The molecule has 136 valence electrons. The fourth-order valence-electron chi connectivity index (χ4n) is 2.07. The highest BCUT2D eigenvalue weighted by molar-refractivity contribution is 7.92. The number of nitrogens with zero attached hydrogens (tertiary/aromatic N) is 1. The second-order valence-corrected chi connectivity index (χ2v) is 7.75. The van der Waals surface area contributed by atoms with Crippen LogP contribution < -0.4 is 19.1 Å². The summed E-state index contributed by atoms with van der Waals surface area (Å²) in [5.74, 6) is 0.984. The van der Waals surface area contributed by atoms with E-state index < -0.39 is 10.0 Å². The van der Waals surface area contributed by atoms with Crippen LogP contribution in [0.2, 0.25) is 0 Å². The van der Waals surface area contributed by atoms with Gasteiger partial charge < -0.3 is 14.8 Å². The van der Waals surface area contributed by atoms with E-state index in [2.05, 4.69) is 19.2 Å². The number of nitrogens with one attached hydrogen (secondary N) is 1. The van der Waals surface area contributed by atoms with Gasteiger partial charge in [0.25, 0.3) is 0 Å². The molecular weight excluding hydrogens is 332 g/mol. The molecule has 0 saturated carbocycles. The maximum absolute atomic E-state index is 12.1.